The van der Waals surface area contributed by atoms with E-state index in [9.17, 15) is 9.50 Å². The van der Waals surface area contributed by atoms with Crippen LogP contribution in [-0.2, 0) is 0 Å². The number of hydrogen-bond donors (Lipinski definition) is 2. The molecule has 2 bridgehead atoms. The summed E-state index contributed by atoms with van der Waals surface area (Å²) in [5, 5.41) is 10.5. The Morgan fingerprint density at radius 3 is 2.65 bits per heavy atom. The second-order valence-corrected chi connectivity index (χ2v) is 6.60. The van der Waals surface area contributed by atoms with Crippen LogP contribution in [0, 0.1) is 23.6 Å². The molecular weight excluding hydrogens is 253 g/mol. The van der Waals surface area contributed by atoms with Crippen molar-refractivity contribution in [3.63, 3.8) is 0 Å². The van der Waals surface area contributed by atoms with Crippen LogP contribution in [0.1, 0.15) is 43.6 Å². The third kappa shape index (κ3) is 2.61. The van der Waals surface area contributed by atoms with E-state index in [1.54, 1.807) is 12.1 Å². The fourth-order valence-electron chi connectivity index (χ4n) is 4.41. The van der Waals surface area contributed by atoms with E-state index in [0.717, 1.165) is 18.3 Å². The summed E-state index contributed by atoms with van der Waals surface area (Å²) in [4.78, 5) is 0. The lowest BCUT2D eigenvalue weighted by Crippen LogP contribution is -2.30. The van der Waals surface area contributed by atoms with Crippen LogP contribution in [0.2, 0.25) is 0 Å². The lowest BCUT2D eigenvalue weighted by atomic mass is 9.80. The molecule has 0 amide bonds. The van der Waals surface area contributed by atoms with Crippen molar-refractivity contribution in [3.8, 4) is 0 Å². The van der Waals surface area contributed by atoms with Gasteiger partial charge in [0.2, 0.25) is 0 Å². The lowest BCUT2D eigenvalue weighted by molar-refractivity contribution is 0.0998. The Hall–Kier alpha value is -0.930. The van der Waals surface area contributed by atoms with E-state index in [-0.39, 0.29) is 11.7 Å². The Kier molecular flexibility index (Phi) is 4.08. The van der Waals surface area contributed by atoms with Gasteiger partial charge >= 0.3 is 0 Å². The zero-order valence-corrected chi connectivity index (χ0v) is 11.8. The Bertz CT molecular complexity index is 464. The SMILES string of the molecule is NCC(c1ccccc1F)C(O)CC1CC2CCC1C2. The van der Waals surface area contributed by atoms with Crippen LogP contribution in [0.3, 0.4) is 0 Å². The molecule has 0 aromatic heterocycles. The standard InChI is InChI=1S/C17H24FNO/c18-16-4-2-1-3-14(16)15(10-19)17(20)9-13-8-11-5-6-12(13)7-11/h1-4,11-13,15,17,20H,5-10,19H2. The predicted molar refractivity (Wildman–Crippen MR) is 77.8 cm³/mol. The van der Waals surface area contributed by atoms with Crippen molar-refractivity contribution < 1.29 is 9.50 Å². The van der Waals surface area contributed by atoms with Crippen molar-refractivity contribution in [3.05, 3.63) is 35.6 Å². The van der Waals surface area contributed by atoms with Crippen LogP contribution in [-0.4, -0.2) is 17.8 Å². The van der Waals surface area contributed by atoms with Crippen LogP contribution in [0.25, 0.3) is 0 Å². The molecule has 1 aromatic rings. The van der Waals surface area contributed by atoms with Gasteiger partial charge in [0.05, 0.1) is 6.10 Å². The number of nitrogens with two attached hydrogens (primary N) is 1. The summed E-state index contributed by atoms with van der Waals surface area (Å²) < 4.78 is 13.9. The molecule has 2 aliphatic carbocycles. The van der Waals surface area contributed by atoms with Crippen molar-refractivity contribution in [2.45, 2.75) is 44.1 Å². The van der Waals surface area contributed by atoms with E-state index in [4.69, 9.17) is 5.73 Å². The minimum absolute atomic E-state index is 0.255. The van der Waals surface area contributed by atoms with Gasteiger partial charge in [0, 0.05) is 12.5 Å². The summed E-state index contributed by atoms with van der Waals surface area (Å²) in [6, 6.07) is 6.68. The molecular formula is C17H24FNO. The smallest absolute Gasteiger partial charge is 0.126 e. The Morgan fingerprint density at radius 1 is 1.25 bits per heavy atom. The van der Waals surface area contributed by atoms with Gasteiger partial charge in [-0.3, -0.25) is 0 Å². The molecule has 2 nitrogen and oxygen atoms in total. The quantitative estimate of drug-likeness (QED) is 0.869. The zero-order valence-electron chi connectivity index (χ0n) is 11.8. The van der Waals surface area contributed by atoms with E-state index in [1.807, 2.05) is 6.07 Å². The second-order valence-electron chi connectivity index (χ2n) is 6.60. The van der Waals surface area contributed by atoms with Crippen LogP contribution in [0.5, 0.6) is 0 Å². The average molecular weight is 277 g/mol. The first-order valence-corrected chi connectivity index (χ1v) is 7.81. The van der Waals surface area contributed by atoms with Crippen molar-refractivity contribution in [2.24, 2.45) is 23.5 Å². The van der Waals surface area contributed by atoms with Gasteiger partial charge in [-0.1, -0.05) is 24.6 Å². The molecule has 1 aromatic carbocycles. The minimum atomic E-state index is -0.527. The number of fused-ring (bicyclic) bond motifs is 2. The number of halogens is 1. The summed E-state index contributed by atoms with van der Waals surface area (Å²) in [5.41, 5.74) is 6.36. The van der Waals surface area contributed by atoms with E-state index in [2.05, 4.69) is 0 Å². The van der Waals surface area contributed by atoms with E-state index < -0.39 is 6.10 Å². The highest BCUT2D eigenvalue weighted by Crippen LogP contribution is 2.50. The van der Waals surface area contributed by atoms with Gasteiger partial charge in [0.25, 0.3) is 0 Å². The van der Waals surface area contributed by atoms with Crippen LogP contribution < -0.4 is 5.73 Å². The maximum absolute atomic E-state index is 13.9. The monoisotopic (exact) mass is 277 g/mol. The van der Waals surface area contributed by atoms with E-state index >= 15 is 0 Å². The number of benzene rings is 1. The van der Waals surface area contributed by atoms with Gasteiger partial charge in [-0.05, 0) is 55.1 Å². The maximum atomic E-state index is 13.9. The summed E-state index contributed by atoms with van der Waals surface area (Å²) in [5.74, 6) is 1.74. The molecule has 20 heavy (non-hydrogen) atoms. The number of aliphatic hydroxyl groups excluding tert-OH is 1. The second kappa shape index (κ2) is 5.82. The van der Waals surface area contributed by atoms with Crippen molar-refractivity contribution in [1.29, 1.82) is 0 Å². The molecule has 3 rings (SSSR count). The molecule has 0 aliphatic heterocycles. The Labute approximate surface area is 120 Å². The third-order valence-corrected chi connectivity index (χ3v) is 5.45. The fourth-order valence-corrected chi connectivity index (χ4v) is 4.41. The molecule has 2 fully saturated rings. The molecule has 0 radical (unpaired) electrons. The summed E-state index contributed by atoms with van der Waals surface area (Å²) in [7, 11) is 0. The third-order valence-electron chi connectivity index (χ3n) is 5.45. The average Bonchev–Trinajstić information content (AvgIpc) is 3.04. The van der Waals surface area contributed by atoms with Gasteiger partial charge in [-0.25, -0.2) is 4.39 Å². The first-order valence-electron chi connectivity index (χ1n) is 7.81. The summed E-state index contributed by atoms with van der Waals surface area (Å²) in [6.45, 7) is 0.295. The van der Waals surface area contributed by atoms with Gasteiger partial charge in [0.15, 0.2) is 0 Å². The summed E-state index contributed by atoms with van der Waals surface area (Å²) in [6.07, 6.45) is 5.51. The van der Waals surface area contributed by atoms with E-state index in [0.29, 0.717) is 18.0 Å². The van der Waals surface area contributed by atoms with Crippen molar-refractivity contribution in [1.82, 2.24) is 0 Å². The molecule has 3 heteroatoms. The predicted octanol–water partition coefficient (Wildman–Crippen LogP) is 3.06. The number of rotatable bonds is 5. The molecule has 2 saturated carbocycles. The maximum Gasteiger partial charge on any atom is 0.126 e. The highest BCUT2D eigenvalue weighted by Gasteiger charge is 2.40. The highest BCUT2D eigenvalue weighted by molar-refractivity contribution is 5.23. The lowest BCUT2D eigenvalue weighted by Gasteiger charge is -2.28. The van der Waals surface area contributed by atoms with Crippen LogP contribution in [0.4, 0.5) is 4.39 Å². The minimum Gasteiger partial charge on any atom is -0.392 e. The molecule has 0 heterocycles. The Balaban J connectivity index is 1.68. The normalized spacial score (nSPS) is 31.4. The molecule has 0 spiro atoms. The van der Waals surface area contributed by atoms with Gasteiger partial charge in [-0.15, -0.1) is 0 Å². The molecule has 5 unspecified atom stereocenters. The van der Waals surface area contributed by atoms with Crippen LogP contribution >= 0.6 is 0 Å². The first kappa shape index (κ1) is 14.0. The molecule has 110 valence electrons. The number of hydrogen-bond acceptors (Lipinski definition) is 2. The largest absolute Gasteiger partial charge is 0.392 e. The molecule has 0 saturated heterocycles. The molecule has 3 N–H and O–H groups in total. The van der Waals surface area contributed by atoms with E-state index in [1.165, 1.54) is 31.7 Å². The highest BCUT2D eigenvalue weighted by atomic mass is 19.1. The molecule has 5 atom stereocenters. The van der Waals surface area contributed by atoms with Gasteiger partial charge < -0.3 is 10.8 Å². The van der Waals surface area contributed by atoms with Gasteiger partial charge in [0.1, 0.15) is 5.82 Å². The topological polar surface area (TPSA) is 46.2 Å². The zero-order chi connectivity index (χ0) is 14.1. The summed E-state index contributed by atoms with van der Waals surface area (Å²) >= 11 is 0. The fraction of sp³-hybridized carbons (Fsp3) is 0.647. The van der Waals surface area contributed by atoms with Crippen LogP contribution in [0.15, 0.2) is 24.3 Å². The first-order chi connectivity index (χ1) is 9.69. The Morgan fingerprint density at radius 2 is 2.05 bits per heavy atom. The van der Waals surface area contributed by atoms with Crippen molar-refractivity contribution in [2.75, 3.05) is 6.54 Å². The molecule has 2 aliphatic rings. The van der Waals surface area contributed by atoms with Gasteiger partial charge in [-0.2, -0.15) is 0 Å². The number of aliphatic hydroxyl groups is 1. The van der Waals surface area contributed by atoms with Crippen molar-refractivity contribution >= 4 is 0 Å².